The van der Waals surface area contributed by atoms with Crippen molar-refractivity contribution in [1.29, 1.82) is 0 Å². The normalized spacial score (nSPS) is 11.1. The number of anilines is 2. The lowest BCUT2D eigenvalue weighted by molar-refractivity contribution is 0.223. The molecule has 34 heavy (non-hydrogen) atoms. The number of methoxy groups -OCH3 is 1. The van der Waals surface area contributed by atoms with Gasteiger partial charge in [-0.1, -0.05) is 26.0 Å². The van der Waals surface area contributed by atoms with Crippen molar-refractivity contribution in [3.63, 3.8) is 0 Å². The second-order valence-corrected chi connectivity index (χ2v) is 7.71. The van der Waals surface area contributed by atoms with Crippen molar-refractivity contribution >= 4 is 22.4 Å². The lowest BCUT2D eigenvalue weighted by Crippen LogP contribution is -2.27. The van der Waals surface area contributed by atoms with E-state index in [1.165, 1.54) is 6.33 Å². The van der Waals surface area contributed by atoms with Gasteiger partial charge >= 0.3 is 0 Å². The van der Waals surface area contributed by atoms with Crippen molar-refractivity contribution in [1.82, 2.24) is 19.9 Å². The van der Waals surface area contributed by atoms with Gasteiger partial charge in [0, 0.05) is 17.8 Å². The Hall–Kier alpha value is -3.91. The summed E-state index contributed by atoms with van der Waals surface area (Å²) in [4.78, 5) is 26.7. The zero-order valence-corrected chi connectivity index (χ0v) is 19.7. The molecule has 4 aromatic rings. The zero-order chi connectivity index (χ0) is 23.9. The number of aromatic amines is 1. The maximum atomic E-state index is 12.6. The molecule has 2 aromatic heterocycles. The van der Waals surface area contributed by atoms with Crippen LogP contribution in [0.2, 0.25) is 0 Å². The lowest BCUT2D eigenvalue weighted by Gasteiger charge is -2.18. The molecule has 0 aliphatic carbocycles. The fraction of sp³-hybridized carbons (Fsp3) is 0.269. The van der Waals surface area contributed by atoms with E-state index in [2.05, 4.69) is 34.0 Å². The van der Waals surface area contributed by atoms with E-state index in [9.17, 15) is 4.79 Å². The number of rotatable bonds is 10. The number of nitrogens with one attached hydrogen (secondary N) is 2. The molecule has 2 aromatic carbocycles. The number of H-pyrrole nitrogens is 1. The maximum absolute atomic E-state index is 12.6. The van der Waals surface area contributed by atoms with Crippen molar-refractivity contribution in [2.24, 2.45) is 0 Å². The molecule has 0 unspecified atom stereocenters. The Morgan fingerprint density at radius 3 is 2.56 bits per heavy atom. The molecule has 8 heteroatoms. The molecule has 0 aliphatic heterocycles. The summed E-state index contributed by atoms with van der Waals surface area (Å²) < 4.78 is 11.4. The average Bonchev–Trinajstić information content (AvgIpc) is 2.87. The van der Waals surface area contributed by atoms with Gasteiger partial charge in [-0.3, -0.25) is 4.79 Å². The summed E-state index contributed by atoms with van der Waals surface area (Å²) in [6.45, 7) is 7.81. The lowest BCUT2D eigenvalue weighted by atomic mass is 10.1. The van der Waals surface area contributed by atoms with E-state index in [4.69, 9.17) is 14.5 Å². The predicted molar refractivity (Wildman–Crippen MR) is 135 cm³/mol. The van der Waals surface area contributed by atoms with Gasteiger partial charge in [0.2, 0.25) is 0 Å². The van der Waals surface area contributed by atoms with Gasteiger partial charge in [0.1, 0.15) is 29.3 Å². The van der Waals surface area contributed by atoms with Crippen LogP contribution in [-0.4, -0.2) is 53.2 Å². The van der Waals surface area contributed by atoms with Gasteiger partial charge < -0.3 is 24.7 Å². The molecule has 0 saturated heterocycles. The van der Waals surface area contributed by atoms with Crippen LogP contribution in [0.25, 0.3) is 22.2 Å². The van der Waals surface area contributed by atoms with Crippen LogP contribution in [0.15, 0.2) is 65.7 Å². The highest BCUT2D eigenvalue weighted by Gasteiger charge is 2.14. The molecular weight excluding hydrogens is 430 g/mol. The van der Waals surface area contributed by atoms with Crippen molar-refractivity contribution in [2.75, 3.05) is 38.7 Å². The summed E-state index contributed by atoms with van der Waals surface area (Å²) in [5, 5.41) is 3.67. The minimum Gasteiger partial charge on any atom is -0.496 e. The van der Waals surface area contributed by atoms with Crippen molar-refractivity contribution in [2.45, 2.75) is 13.8 Å². The van der Waals surface area contributed by atoms with Crippen LogP contribution in [0.4, 0.5) is 11.5 Å². The van der Waals surface area contributed by atoms with E-state index >= 15 is 0 Å². The second-order valence-electron chi connectivity index (χ2n) is 7.71. The number of hydrogen-bond donors (Lipinski definition) is 2. The van der Waals surface area contributed by atoms with Crippen molar-refractivity contribution in [3.05, 3.63) is 71.3 Å². The van der Waals surface area contributed by atoms with Gasteiger partial charge in [0.05, 0.1) is 24.6 Å². The minimum absolute atomic E-state index is 0.261. The molecule has 0 bridgehead atoms. The summed E-state index contributed by atoms with van der Waals surface area (Å²) in [6, 6.07) is 17.0. The van der Waals surface area contributed by atoms with Gasteiger partial charge in [-0.2, -0.15) is 0 Å². The number of aromatic nitrogens is 3. The van der Waals surface area contributed by atoms with Gasteiger partial charge in [0.25, 0.3) is 5.56 Å². The molecule has 0 saturated carbocycles. The van der Waals surface area contributed by atoms with Crippen molar-refractivity contribution in [3.8, 4) is 22.8 Å². The first-order valence-corrected chi connectivity index (χ1v) is 11.4. The van der Waals surface area contributed by atoms with Crippen LogP contribution >= 0.6 is 0 Å². The first-order chi connectivity index (χ1) is 16.6. The SMILES string of the molecule is CCN(CC)CCOc1ccc(Nc2nc(-c3ccccc3OC)cc3nc[nH]c(=O)c23)cc1. The number of nitrogens with zero attached hydrogens (tertiary/aromatic N) is 3. The fourth-order valence-electron chi connectivity index (χ4n) is 3.78. The van der Waals surface area contributed by atoms with E-state index in [1.54, 1.807) is 13.2 Å². The van der Waals surface area contributed by atoms with Gasteiger partial charge in [-0.05, 0) is 55.6 Å². The van der Waals surface area contributed by atoms with Gasteiger partial charge in [-0.25, -0.2) is 9.97 Å². The van der Waals surface area contributed by atoms with Crippen LogP contribution in [0, 0.1) is 0 Å². The molecule has 0 radical (unpaired) electrons. The van der Waals surface area contributed by atoms with E-state index in [-0.39, 0.29) is 5.56 Å². The summed E-state index contributed by atoms with van der Waals surface area (Å²) >= 11 is 0. The zero-order valence-electron chi connectivity index (χ0n) is 19.7. The number of likely N-dealkylation sites (N-methyl/N-ethyl adjacent to an activating group) is 1. The number of benzene rings is 2. The number of hydrogen-bond acceptors (Lipinski definition) is 7. The van der Waals surface area contributed by atoms with E-state index in [0.717, 1.165) is 36.6 Å². The summed E-state index contributed by atoms with van der Waals surface area (Å²) in [7, 11) is 1.62. The highest BCUT2D eigenvalue weighted by Crippen LogP contribution is 2.32. The molecule has 0 amide bonds. The monoisotopic (exact) mass is 459 g/mol. The van der Waals surface area contributed by atoms with E-state index in [0.29, 0.717) is 34.8 Å². The van der Waals surface area contributed by atoms with Crippen LogP contribution in [-0.2, 0) is 0 Å². The molecule has 4 rings (SSSR count). The number of ether oxygens (including phenoxy) is 2. The van der Waals surface area contributed by atoms with Crippen LogP contribution in [0.1, 0.15) is 13.8 Å². The third kappa shape index (κ3) is 5.18. The standard InChI is InChI=1S/C26H29N5O3/c1-4-31(5-2)14-15-34-19-12-10-18(11-13-19)29-25-24-22(27-17-28-26(24)32)16-21(30-25)20-8-6-7-9-23(20)33-3/h6-13,16-17H,4-5,14-15H2,1-3H3,(H,29,30)(H,27,28,32). The second kappa shape index (κ2) is 10.8. The maximum Gasteiger partial charge on any atom is 0.262 e. The van der Waals surface area contributed by atoms with Gasteiger partial charge in [0.15, 0.2) is 0 Å². The van der Waals surface area contributed by atoms with Crippen molar-refractivity contribution < 1.29 is 9.47 Å². The third-order valence-electron chi connectivity index (χ3n) is 5.70. The highest BCUT2D eigenvalue weighted by molar-refractivity contribution is 5.93. The summed E-state index contributed by atoms with van der Waals surface area (Å²) in [5.41, 5.74) is 2.53. The quantitative estimate of drug-likeness (QED) is 0.362. The molecule has 0 fully saturated rings. The highest BCUT2D eigenvalue weighted by atomic mass is 16.5. The summed E-state index contributed by atoms with van der Waals surface area (Å²) in [5.74, 6) is 1.90. The Labute approximate surface area is 198 Å². The topological polar surface area (TPSA) is 92.4 Å². The van der Waals surface area contributed by atoms with Gasteiger partial charge in [-0.15, -0.1) is 0 Å². The van der Waals surface area contributed by atoms with Crippen LogP contribution in [0.3, 0.4) is 0 Å². The molecular formula is C26H29N5O3. The molecule has 0 atom stereocenters. The Morgan fingerprint density at radius 1 is 1.06 bits per heavy atom. The molecule has 8 nitrogen and oxygen atoms in total. The first kappa shape index (κ1) is 23.3. The van der Waals surface area contributed by atoms with E-state index < -0.39 is 0 Å². The molecule has 0 spiro atoms. The summed E-state index contributed by atoms with van der Waals surface area (Å²) in [6.07, 6.45) is 1.39. The molecule has 176 valence electrons. The predicted octanol–water partition coefficient (Wildman–Crippen LogP) is 4.46. The van der Waals surface area contributed by atoms with Crippen LogP contribution < -0.4 is 20.3 Å². The van der Waals surface area contributed by atoms with E-state index in [1.807, 2.05) is 48.5 Å². The Kier molecular flexibility index (Phi) is 7.39. The molecule has 0 aliphatic rings. The average molecular weight is 460 g/mol. The smallest absolute Gasteiger partial charge is 0.262 e. The third-order valence-corrected chi connectivity index (χ3v) is 5.70. The van der Waals surface area contributed by atoms with Crippen LogP contribution in [0.5, 0.6) is 11.5 Å². The molecule has 2 N–H and O–H groups in total. The Balaban J connectivity index is 1.62. The number of para-hydroxylation sites is 1. The largest absolute Gasteiger partial charge is 0.496 e. The Morgan fingerprint density at radius 2 is 1.82 bits per heavy atom. The number of fused-ring (bicyclic) bond motifs is 1. The molecule has 2 heterocycles. The number of pyridine rings is 1. The fourth-order valence-corrected chi connectivity index (χ4v) is 3.78. The Bertz CT molecular complexity index is 1300. The first-order valence-electron chi connectivity index (χ1n) is 11.4. The minimum atomic E-state index is -0.261.